The second-order valence-electron chi connectivity index (χ2n) is 2.85. The topological polar surface area (TPSA) is 26.3 Å². The number of rotatable bonds is 3. The first-order valence-electron chi connectivity index (χ1n) is 4.22. The fourth-order valence-electron chi connectivity index (χ4n) is 0.881. The van der Waals surface area contributed by atoms with Gasteiger partial charge in [0, 0.05) is 11.1 Å². The van der Waals surface area contributed by atoms with E-state index < -0.39 is 0 Å². The highest BCUT2D eigenvalue weighted by Gasteiger charge is 2.04. The molecular weight excluding hydrogens is 200 g/mol. The maximum atomic E-state index is 11.2. The lowest BCUT2D eigenvalue weighted by Gasteiger charge is -2.03. The molecule has 0 aromatic heterocycles. The van der Waals surface area contributed by atoms with Crippen molar-refractivity contribution in [2.45, 2.75) is 13.5 Å². The maximum Gasteiger partial charge on any atom is 0.334 e. The van der Waals surface area contributed by atoms with Gasteiger partial charge >= 0.3 is 5.97 Å². The average Bonchev–Trinajstić information content (AvgIpc) is 2.26. The molecule has 0 fully saturated rings. The zero-order valence-corrected chi connectivity index (χ0v) is 8.62. The predicted molar refractivity (Wildman–Crippen MR) is 55.8 cm³/mol. The van der Waals surface area contributed by atoms with Gasteiger partial charge in [-0.2, -0.15) is 0 Å². The van der Waals surface area contributed by atoms with Gasteiger partial charge in [0.15, 0.2) is 0 Å². The third-order valence-electron chi connectivity index (χ3n) is 1.70. The van der Waals surface area contributed by atoms with Crippen molar-refractivity contribution in [2.75, 3.05) is 0 Å². The molecule has 0 saturated heterocycles. The number of ether oxygens (including phenoxy) is 1. The molecule has 0 aliphatic heterocycles. The van der Waals surface area contributed by atoms with E-state index in [0.29, 0.717) is 5.57 Å². The third kappa shape index (κ3) is 3.23. The Morgan fingerprint density at radius 2 is 2.07 bits per heavy atom. The Morgan fingerprint density at radius 3 is 2.64 bits per heavy atom. The first-order valence-corrected chi connectivity index (χ1v) is 4.65. The molecule has 1 aromatic rings. The van der Waals surface area contributed by atoms with Crippen molar-refractivity contribution in [1.82, 2.24) is 0 Å². The summed E-state index contributed by atoms with van der Waals surface area (Å²) in [5, 5.41) is 0. The predicted octanol–water partition coefficient (Wildman–Crippen LogP) is 2.87. The molecule has 2 nitrogen and oxygen atoms in total. The molecule has 0 aliphatic carbocycles. The van der Waals surface area contributed by atoms with E-state index in [2.05, 4.69) is 0 Å². The van der Waals surface area contributed by atoms with Crippen LogP contribution in [-0.4, -0.2) is 5.97 Å². The standard InChI is InChI=1S/C11H11ClO2/c1-9(7-12)11(13)14-8-10-5-3-2-4-6-10/h2-7H,8H2,1H3/b9-7+. The second kappa shape index (κ2) is 5.45. The van der Waals surface area contributed by atoms with Crippen molar-refractivity contribution >= 4 is 17.6 Å². The quantitative estimate of drug-likeness (QED) is 0.567. The van der Waals surface area contributed by atoms with Gasteiger partial charge in [0.1, 0.15) is 6.61 Å². The summed E-state index contributed by atoms with van der Waals surface area (Å²) in [4.78, 5) is 11.2. The summed E-state index contributed by atoms with van der Waals surface area (Å²) in [6.45, 7) is 1.89. The van der Waals surface area contributed by atoms with E-state index >= 15 is 0 Å². The molecule has 0 bridgehead atoms. The zero-order chi connectivity index (χ0) is 10.4. The van der Waals surface area contributed by atoms with Gasteiger partial charge in [-0.15, -0.1) is 0 Å². The number of carbonyl (C=O) groups excluding carboxylic acids is 1. The minimum atomic E-state index is -0.385. The molecule has 0 N–H and O–H groups in total. The van der Waals surface area contributed by atoms with Gasteiger partial charge in [-0.25, -0.2) is 4.79 Å². The Balaban J connectivity index is 2.46. The van der Waals surface area contributed by atoms with Gasteiger partial charge in [0.05, 0.1) is 0 Å². The van der Waals surface area contributed by atoms with Gasteiger partial charge in [-0.3, -0.25) is 0 Å². The van der Waals surface area contributed by atoms with Crippen LogP contribution in [-0.2, 0) is 16.1 Å². The number of halogens is 1. The van der Waals surface area contributed by atoms with E-state index in [4.69, 9.17) is 16.3 Å². The lowest BCUT2D eigenvalue weighted by molar-refractivity contribution is -0.140. The second-order valence-corrected chi connectivity index (χ2v) is 3.07. The number of carbonyl (C=O) groups is 1. The van der Waals surface area contributed by atoms with Crippen LogP contribution < -0.4 is 0 Å². The molecule has 0 radical (unpaired) electrons. The van der Waals surface area contributed by atoms with Crippen LogP contribution in [0, 0.1) is 0 Å². The molecule has 0 spiro atoms. The highest BCUT2D eigenvalue weighted by atomic mass is 35.5. The summed E-state index contributed by atoms with van der Waals surface area (Å²) >= 11 is 5.37. The molecule has 74 valence electrons. The van der Waals surface area contributed by atoms with Crippen molar-refractivity contribution in [3.8, 4) is 0 Å². The summed E-state index contributed by atoms with van der Waals surface area (Å²) in [6, 6.07) is 9.50. The highest BCUT2D eigenvalue weighted by Crippen LogP contribution is 2.04. The number of hydrogen-bond donors (Lipinski definition) is 0. The minimum absolute atomic E-state index is 0.280. The highest BCUT2D eigenvalue weighted by molar-refractivity contribution is 6.27. The molecule has 0 saturated carbocycles. The smallest absolute Gasteiger partial charge is 0.334 e. The van der Waals surface area contributed by atoms with E-state index in [1.165, 1.54) is 5.54 Å². The van der Waals surface area contributed by atoms with Crippen LogP contribution in [0.3, 0.4) is 0 Å². The van der Waals surface area contributed by atoms with Gasteiger partial charge in [-0.05, 0) is 12.5 Å². The molecule has 3 heteroatoms. The molecule has 1 aromatic carbocycles. The summed E-state index contributed by atoms with van der Waals surface area (Å²) in [5.41, 5.74) is 2.58. The van der Waals surface area contributed by atoms with E-state index in [1.807, 2.05) is 30.3 Å². The lowest BCUT2D eigenvalue weighted by Crippen LogP contribution is -2.05. The molecule has 1 rings (SSSR count). The number of esters is 1. The van der Waals surface area contributed by atoms with Crippen LogP contribution in [0.1, 0.15) is 12.5 Å². The van der Waals surface area contributed by atoms with Gasteiger partial charge in [-0.1, -0.05) is 41.9 Å². The lowest BCUT2D eigenvalue weighted by atomic mass is 10.2. The van der Waals surface area contributed by atoms with E-state index in [1.54, 1.807) is 6.92 Å². The Hall–Kier alpha value is -1.28. The molecule has 0 aliphatic rings. The summed E-state index contributed by atoms with van der Waals surface area (Å²) in [7, 11) is 0. The average molecular weight is 211 g/mol. The van der Waals surface area contributed by atoms with Crippen LogP contribution >= 0.6 is 11.6 Å². The van der Waals surface area contributed by atoms with E-state index in [0.717, 1.165) is 5.56 Å². The normalized spacial score (nSPS) is 11.1. The van der Waals surface area contributed by atoms with Crippen molar-refractivity contribution in [3.05, 3.63) is 47.0 Å². The molecule has 0 heterocycles. The third-order valence-corrected chi connectivity index (χ3v) is 2.03. The summed E-state index contributed by atoms with van der Waals surface area (Å²) in [6.07, 6.45) is 0. The molecule has 14 heavy (non-hydrogen) atoms. The fourth-order valence-corrected chi connectivity index (χ4v) is 0.971. The maximum absolute atomic E-state index is 11.2. The molecular formula is C11H11ClO2. The van der Waals surface area contributed by atoms with Crippen LogP contribution in [0.15, 0.2) is 41.4 Å². The monoisotopic (exact) mass is 210 g/mol. The summed E-state index contributed by atoms with van der Waals surface area (Å²) in [5.74, 6) is -0.385. The van der Waals surface area contributed by atoms with E-state index in [9.17, 15) is 4.79 Å². The van der Waals surface area contributed by atoms with Crippen LogP contribution in [0.25, 0.3) is 0 Å². The Bertz CT molecular complexity index is 330. The first-order chi connectivity index (χ1) is 6.74. The Morgan fingerprint density at radius 1 is 1.43 bits per heavy atom. The molecule has 0 unspecified atom stereocenters. The van der Waals surface area contributed by atoms with Crippen LogP contribution in [0.2, 0.25) is 0 Å². The fraction of sp³-hybridized carbons (Fsp3) is 0.182. The Labute approximate surface area is 88.1 Å². The first kappa shape index (κ1) is 10.8. The Kier molecular flexibility index (Phi) is 4.20. The van der Waals surface area contributed by atoms with Crippen molar-refractivity contribution < 1.29 is 9.53 Å². The van der Waals surface area contributed by atoms with Gasteiger partial charge in [0.25, 0.3) is 0 Å². The molecule has 0 amide bonds. The number of hydrogen-bond acceptors (Lipinski definition) is 2. The van der Waals surface area contributed by atoms with Gasteiger partial charge in [0.2, 0.25) is 0 Å². The van der Waals surface area contributed by atoms with Crippen molar-refractivity contribution in [1.29, 1.82) is 0 Å². The zero-order valence-electron chi connectivity index (χ0n) is 7.87. The number of benzene rings is 1. The summed E-state index contributed by atoms with van der Waals surface area (Å²) < 4.78 is 4.99. The molecule has 0 atom stereocenters. The van der Waals surface area contributed by atoms with Gasteiger partial charge < -0.3 is 4.74 Å². The van der Waals surface area contributed by atoms with Crippen LogP contribution in [0.4, 0.5) is 0 Å². The minimum Gasteiger partial charge on any atom is -0.457 e. The van der Waals surface area contributed by atoms with Crippen molar-refractivity contribution in [2.24, 2.45) is 0 Å². The van der Waals surface area contributed by atoms with Crippen LogP contribution in [0.5, 0.6) is 0 Å². The SMILES string of the molecule is C/C(=C\Cl)C(=O)OCc1ccccc1. The largest absolute Gasteiger partial charge is 0.457 e. The van der Waals surface area contributed by atoms with Crippen molar-refractivity contribution in [3.63, 3.8) is 0 Å². The van der Waals surface area contributed by atoms with E-state index in [-0.39, 0.29) is 12.6 Å².